The second-order valence-electron chi connectivity index (χ2n) is 6.07. The van der Waals surface area contributed by atoms with Gasteiger partial charge in [0.15, 0.2) is 5.96 Å². The maximum atomic E-state index is 12.4. The fourth-order valence-electron chi connectivity index (χ4n) is 2.31. The first-order valence-electron chi connectivity index (χ1n) is 8.94. The number of anilines is 1. The Morgan fingerprint density at radius 2 is 1.61 bits per heavy atom. The number of nitrogens with one attached hydrogen (secondary N) is 1. The van der Waals surface area contributed by atoms with Crippen molar-refractivity contribution < 1.29 is 24.6 Å². The van der Waals surface area contributed by atoms with Gasteiger partial charge in [-0.15, -0.1) is 0 Å². The molecule has 0 aliphatic rings. The number of unbranched alkanes of at least 4 members (excludes halogenated alkanes) is 1. The van der Waals surface area contributed by atoms with E-state index in [0.29, 0.717) is 6.54 Å². The Balaban J connectivity index is 0.000000769. The molecule has 156 valence electrons. The van der Waals surface area contributed by atoms with Gasteiger partial charge in [0.2, 0.25) is 0 Å². The number of amides is 2. The molecule has 5 N–H and O–H groups in total. The minimum atomic E-state index is -1.08. The highest BCUT2D eigenvalue weighted by atomic mass is 16.4. The van der Waals surface area contributed by atoms with Crippen molar-refractivity contribution in [1.29, 1.82) is 0 Å². The van der Waals surface area contributed by atoms with E-state index in [1.807, 2.05) is 32.0 Å². The molecule has 0 heterocycles. The summed E-state index contributed by atoms with van der Waals surface area (Å²) in [5.74, 6) is -2.03. The van der Waals surface area contributed by atoms with Gasteiger partial charge in [-0.05, 0) is 31.4 Å². The molecule has 9 heteroatoms. The summed E-state index contributed by atoms with van der Waals surface area (Å²) < 4.78 is 0. The van der Waals surface area contributed by atoms with Gasteiger partial charge in [-0.1, -0.05) is 31.5 Å². The third kappa shape index (κ3) is 9.56. The lowest BCUT2D eigenvalue weighted by Crippen LogP contribution is -2.46. The highest BCUT2D eigenvalue weighted by Crippen LogP contribution is 2.25. The number of carbonyl (C=O) groups is 3. The number of carbonyl (C=O) groups excluding carboxylic acids is 1. The van der Waals surface area contributed by atoms with Gasteiger partial charge >= 0.3 is 18.0 Å². The maximum Gasteiger partial charge on any atom is 0.328 e. The molecule has 0 saturated heterocycles. The zero-order valence-corrected chi connectivity index (χ0v) is 16.9. The standard InChI is InChI=1S/C15H24N4O.C4H6O4/c1-5-6-10-19(15(20)18-14(16)17-4)13-11(2)8-7-9-12(13)3;5-3(6)1-2-4(7)8/h7-9H,5-6,10H2,1-4H3,(H3,16,17,18,20);1-2H2,(H,5,6)(H,7,8). The number of carboxylic acid groups (broad SMARTS) is 2. The smallest absolute Gasteiger partial charge is 0.328 e. The lowest BCUT2D eigenvalue weighted by Gasteiger charge is -2.26. The minimum Gasteiger partial charge on any atom is -0.481 e. The summed E-state index contributed by atoms with van der Waals surface area (Å²) in [6, 6.07) is 5.77. The number of nitrogens with two attached hydrogens (primary N) is 1. The SMILES string of the molecule is CCCCN(C(=O)NC(N)=NC)c1c(C)cccc1C.O=C(O)CCC(=O)O. The molecule has 0 aliphatic heterocycles. The fraction of sp³-hybridized carbons (Fsp3) is 0.474. The van der Waals surface area contributed by atoms with Crippen LogP contribution in [-0.4, -0.2) is 47.7 Å². The molecule has 2 amide bonds. The second kappa shape index (κ2) is 13.1. The number of aliphatic imine (C=N–C) groups is 1. The van der Waals surface area contributed by atoms with E-state index in [2.05, 4.69) is 17.2 Å². The predicted octanol–water partition coefficient (Wildman–Crippen LogP) is 2.50. The number of hydrogen-bond acceptors (Lipinski definition) is 4. The van der Waals surface area contributed by atoms with Gasteiger partial charge in [0.25, 0.3) is 0 Å². The molecule has 0 aliphatic carbocycles. The maximum absolute atomic E-state index is 12.4. The van der Waals surface area contributed by atoms with Crippen LogP contribution in [0.1, 0.15) is 43.7 Å². The highest BCUT2D eigenvalue weighted by Gasteiger charge is 2.19. The summed E-state index contributed by atoms with van der Waals surface area (Å²) in [5.41, 5.74) is 8.68. The van der Waals surface area contributed by atoms with E-state index >= 15 is 0 Å². The summed E-state index contributed by atoms with van der Waals surface area (Å²) in [4.78, 5) is 37.2. The second-order valence-corrected chi connectivity index (χ2v) is 6.07. The first-order chi connectivity index (χ1) is 13.1. The number of carboxylic acids is 2. The van der Waals surface area contributed by atoms with E-state index in [1.54, 1.807) is 11.9 Å². The highest BCUT2D eigenvalue weighted by molar-refractivity contribution is 6.03. The van der Waals surface area contributed by atoms with Crippen LogP contribution >= 0.6 is 0 Å². The number of aliphatic carboxylic acids is 2. The van der Waals surface area contributed by atoms with Gasteiger partial charge in [-0.3, -0.25) is 24.8 Å². The van der Waals surface area contributed by atoms with E-state index in [-0.39, 0.29) is 24.8 Å². The van der Waals surface area contributed by atoms with Crippen LogP contribution in [0.3, 0.4) is 0 Å². The Kier molecular flexibility index (Phi) is 11.7. The molecule has 1 aromatic rings. The van der Waals surface area contributed by atoms with E-state index in [9.17, 15) is 14.4 Å². The van der Waals surface area contributed by atoms with Crippen molar-refractivity contribution in [3.05, 3.63) is 29.3 Å². The monoisotopic (exact) mass is 394 g/mol. The van der Waals surface area contributed by atoms with Crippen LogP contribution in [0, 0.1) is 13.8 Å². The number of urea groups is 1. The topological polar surface area (TPSA) is 145 Å². The summed E-state index contributed by atoms with van der Waals surface area (Å²) in [6.45, 7) is 6.77. The molecule has 0 aromatic heterocycles. The number of aryl methyl sites for hydroxylation is 2. The molecule has 1 rings (SSSR count). The predicted molar refractivity (Wildman–Crippen MR) is 109 cm³/mol. The number of guanidine groups is 1. The van der Waals surface area contributed by atoms with Crippen molar-refractivity contribution in [3.8, 4) is 0 Å². The van der Waals surface area contributed by atoms with E-state index in [0.717, 1.165) is 29.7 Å². The van der Waals surface area contributed by atoms with Crippen LogP contribution in [0.2, 0.25) is 0 Å². The molecule has 0 saturated carbocycles. The summed E-state index contributed by atoms with van der Waals surface area (Å²) >= 11 is 0. The van der Waals surface area contributed by atoms with Crippen LogP contribution in [0.5, 0.6) is 0 Å². The lowest BCUT2D eigenvalue weighted by molar-refractivity contribution is -0.143. The van der Waals surface area contributed by atoms with Crippen molar-refractivity contribution in [2.24, 2.45) is 10.7 Å². The first kappa shape index (κ1) is 24.9. The van der Waals surface area contributed by atoms with Crippen molar-refractivity contribution in [1.82, 2.24) is 5.32 Å². The Labute approximate surface area is 165 Å². The number of benzene rings is 1. The van der Waals surface area contributed by atoms with Gasteiger partial charge < -0.3 is 15.9 Å². The van der Waals surface area contributed by atoms with Gasteiger partial charge in [0.05, 0.1) is 18.5 Å². The first-order valence-corrected chi connectivity index (χ1v) is 8.94. The zero-order chi connectivity index (χ0) is 21.7. The van der Waals surface area contributed by atoms with Crippen LogP contribution in [0.25, 0.3) is 0 Å². The number of hydrogen-bond donors (Lipinski definition) is 4. The Bertz CT molecular complexity index is 669. The molecule has 0 atom stereocenters. The Morgan fingerprint density at radius 3 is 2.00 bits per heavy atom. The van der Waals surface area contributed by atoms with Crippen LogP contribution in [-0.2, 0) is 9.59 Å². The van der Waals surface area contributed by atoms with Crippen molar-refractivity contribution >= 4 is 29.6 Å². The summed E-state index contributed by atoms with van der Waals surface area (Å²) in [7, 11) is 1.55. The quantitative estimate of drug-likeness (QED) is 0.413. The third-order valence-corrected chi connectivity index (χ3v) is 3.72. The molecule has 9 nitrogen and oxygen atoms in total. The number of para-hydroxylation sites is 1. The molecular formula is C19H30N4O5. The van der Waals surface area contributed by atoms with E-state index in [4.69, 9.17) is 15.9 Å². The van der Waals surface area contributed by atoms with Gasteiger partial charge in [-0.25, -0.2) is 4.79 Å². The zero-order valence-electron chi connectivity index (χ0n) is 16.9. The van der Waals surface area contributed by atoms with Crippen molar-refractivity contribution in [2.75, 3.05) is 18.5 Å². The van der Waals surface area contributed by atoms with Crippen LogP contribution in [0.15, 0.2) is 23.2 Å². The van der Waals surface area contributed by atoms with Gasteiger partial charge in [0, 0.05) is 13.6 Å². The normalized spacial score (nSPS) is 10.5. The molecule has 0 unspecified atom stereocenters. The molecule has 28 heavy (non-hydrogen) atoms. The number of nitrogens with zero attached hydrogens (tertiary/aromatic N) is 2. The molecule has 0 spiro atoms. The summed E-state index contributed by atoms with van der Waals surface area (Å²) in [5, 5.41) is 18.4. The molecule has 0 fully saturated rings. The fourth-order valence-corrected chi connectivity index (χ4v) is 2.31. The summed E-state index contributed by atoms with van der Waals surface area (Å²) in [6.07, 6.45) is 1.36. The Hall–Kier alpha value is -3.10. The van der Waals surface area contributed by atoms with E-state index < -0.39 is 11.9 Å². The van der Waals surface area contributed by atoms with Crippen LogP contribution < -0.4 is 16.0 Å². The average Bonchev–Trinajstić information content (AvgIpc) is 2.62. The van der Waals surface area contributed by atoms with Gasteiger partial charge in [0.1, 0.15) is 0 Å². The molecule has 1 aromatic carbocycles. The van der Waals surface area contributed by atoms with Crippen molar-refractivity contribution in [3.63, 3.8) is 0 Å². The largest absolute Gasteiger partial charge is 0.481 e. The molecule has 0 radical (unpaired) electrons. The third-order valence-electron chi connectivity index (χ3n) is 3.72. The van der Waals surface area contributed by atoms with Crippen molar-refractivity contribution in [2.45, 2.75) is 46.5 Å². The van der Waals surface area contributed by atoms with Crippen LogP contribution in [0.4, 0.5) is 10.5 Å². The Morgan fingerprint density at radius 1 is 1.11 bits per heavy atom. The molecular weight excluding hydrogens is 364 g/mol. The molecule has 0 bridgehead atoms. The van der Waals surface area contributed by atoms with Gasteiger partial charge in [-0.2, -0.15) is 0 Å². The van der Waals surface area contributed by atoms with E-state index in [1.165, 1.54) is 0 Å². The lowest BCUT2D eigenvalue weighted by atomic mass is 10.1. The number of rotatable bonds is 7. The average molecular weight is 394 g/mol. The minimum absolute atomic E-state index is 0.128.